The van der Waals surface area contributed by atoms with Crippen LogP contribution < -0.4 is 19.5 Å². The van der Waals surface area contributed by atoms with E-state index in [9.17, 15) is 14.0 Å². The van der Waals surface area contributed by atoms with Crippen molar-refractivity contribution in [2.45, 2.75) is 11.4 Å². The number of thioether (sulfide) groups is 1. The molecule has 2 aromatic carbocycles. The maximum Gasteiger partial charge on any atom is 0.256 e. The predicted molar refractivity (Wildman–Crippen MR) is 131 cm³/mol. The maximum atomic E-state index is 13.8. The van der Waals surface area contributed by atoms with E-state index in [0.717, 1.165) is 4.88 Å². The first-order chi connectivity index (χ1) is 16.5. The topological polar surface area (TPSA) is 77.1 Å². The van der Waals surface area contributed by atoms with Crippen molar-refractivity contribution >= 4 is 40.6 Å². The molecule has 0 saturated carbocycles. The highest BCUT2D eigenvalue weighted by molar-refractivity contribution is 7.99. The Bertz CT molecular complexity index is 1150. The first kappa shape index (κ1) is 23.9. The molecule has 0 spiro atoms. The number of nitrogens with zero attached hydrogens (tertiary/aromatic N) is 1. The number of carbonyl (C=O) groups excluding carboxylic acids is 2. The summed E-state index contributed by atoms with van der Waals surface area (Å²) in [5.74, 6) is 0.380. The van der Waals surface area contributed by atoms with Crippen LogP contribution >= 0.6 is 23.1 Å². The predicted octanol–water partition coefficient (Wildman–Crippen LogP) is 4.81. The van der Waals surface area contributed by atoms with Crippen molar-refractivity contribution in [1.82, 2.24) is 4.90 Å². The zero-order chi connectivity index (χ0) is 24.2. The van der Waals surface area contributed by atoms with E-state index in [0.29, 0.717) is 34.3 Å². The van der Waals surface area contributed by atoms with Crippen LogP contribution in [-0.4, -0.2) is 49.8 Å². The molecule has 10 heteroatoms. The quantitative estimate of drug-likeness (QED) is 0.500. The molecule has 3 aromatic rings. The first-order valence-electron chi connectivity index (χ1n) is 10.3. The molecule has 7 nitrogen and oxygen atoms in total. The molecule has 0 bridgehead atoms. The molecule has 1 aliphatic rings. The van der Waals surface area contributed by atoms with Gasteiger partial charge in [0, 0.05) is 21.9 Å². The Morgan fingerprint density at radius 1 is 1.03 bits per heavy atom. The van der Waals surface area contributed by atoms with Crippen LogP contribution in [-0.2, 0) is 4.79 Å². The monoisotopic (exact) mass is 502 g/mol. The lowest BCUT2D eigenvalue weighted by Crippen LogP contribution is -2.45. The van der Waals surface area contributed by atoms with Crippen LogP contribution in [0.2, 0.25) is 0 Å². The zero-order valence-electron chi connectivity index (χ0n) is 18.7. The van der Waals surface area contributed by atoms with Gasteiger partial charge >= 0.3 is 0 Å². The largest absolute Gasteiger partial charge is 0.493 e. The second-order valence-electron chi connectivity index (χ2n) is 7.34. The molecule has 2 heterocycles. The molecular formula is C24H23FN2O5S2. The summed E-state index contributed by atoms with van der Waals surface area (Å²) in [5.41, 5.74) is 0.759. The van der Waals surface area contributed by atoms with E-state index in [-0.39, 0.29) is 17.2 Å². The normalized spacial score (nSPS) is 17.4. The summed E-state index contributed by atoms with van der Waals surface area (Å²) < 4.78 is 29.4. The van der Waals surface area contributed by atoms with Crippen LogP contribution in [0, 0.1) is 5.82 Å². The molecule has 1 N–H and O–H groups in total. The molecule has 178 valence electrons. The molecule has 1 fully saturated rings. The summed E-state index contributed by atoms with van der Waals surface area (Å²) >= 11 is 3.04. The van der Waals surface area contributed by atoms with Gasteiger partial charge in [0.25, 0.3) is 5.91 Å². The van der Waals surface area contributed by atoms with Gasteiger partial charge in [-0.15, -0.1) is 23.1 Å². The lowest BCUT2D eigenvalue weighted by molar-refractivity contribution is -0.119. The molecular weight excluding hydrogens is 479 g/mol. The van der Waals surface area contributed by atoms with Crippen LogP contribution in [0.3, 0.4) is 0 Å². The SMILES string of the molecule is COc1cc(C(=O)N2C(C(=O)Nc3ccc(F)cc3)CSC2c2cccs2)cc(OC)c1OC. The van der Waals surface area contributed by atoms with Crippen LogP contribution in [0.5, 0.6) is 17.2 Å². The number of carbonyl (C=O) groups is 2. The minimum Gasteiger partial charge on any atom is -0.493 e. The van der Waals surface area contributed by atoms with Gasteiger partial charge in [-0.25, -0.2) is 4.39 Å². The number of thiophene rings is 1. The molecule has 2 amide bonds. The van der Waals surface area contributed by atoms with E-state index >= 15 is 0 Å². The van der Waals surface area contributed by atoms with E-state index in [1.807, 2.05) is 17.5 Å². The Morgan fingerprint density at radius 3 is 2.26 bits per heavy atom. The van der Waals surface area contributed by atoms with E-state index in [4.69, 9.17) is 14.2 Å². The molecule has 4 rings (SSSR count). The van der Waals surface area contributed by atoms with Gasteiger partial charge in [-0.05, 0) is 47.8 Å². The molecule has 2 atom stereocenters. The summed E-state index contributed by atoms with van der Waals surface area (Å²) in [4.78, 5) is 29.6. The molecule has 1 aliphatic heterocycles. The fourth-order valence-electron chi connectivity index (χ4n) is 3.72. The summed E-state index contributed by atoms with van der Waals surface area (Å²) in [6.45, 7) is 0. The zero-order valence-corrected chi connectivity index (χ0v) is 20.4. The van der Waals surface area contributed by atoms with Gasteiger partial charge in [0.15, 0.2) is 11.5 Å². The van der Waals surface area contributed by atoms with Gasteiger partial charge in [0.1, 0.15) is 17.2 Å². The summed E-state index contributed by atoms with van der Waals surface area (Å²) in [6, 6.07) is 11.8. The van der Waals surface area contributed by atoms with Crippen molar-refractivity contribution in [2.24, 2.45) is 0 Å². The molecule has 1 aromatic heterocycles. The third-order valence-electron chi connectivity index (χ3n) is 5.35. The fourth-order valence-corrected chi connectivity index (χ4v) is 6.11. The van der Waals surface area contributed by atoms with Crippen molar-refractivity contribution in [2.75, 3.05) is 32.4 Å². The highest BCUT2D eigenvalue weighted by Gasteiger charge is 2.43. The highest BCUT2D eigenvalue weighted by Crippen LogP contribution is 2.45. The van der Waals surface area contributed by atoms with Crippen LogP contribution in [0.25, 0.3) is 0 Å². The van der Waals surface area contributed by atoms with Gasteiger partial charge in [-0.1, -0.05) is 6.07 Å². The Morgan fingerprint density at radius 2 is 1.71 bits per heavy atom. The molecule has 0 radical (unpaired) electrons. The van der Waals surface area contributed by atoms with E-state index in [1.54, 1.807) is 17.0 Å². The first-order valence-corrected chi connectivity index (χ1v) is 12.2. The number of benzene rings is 2. The van der Waals surface area contributed by atoms with Crippen LogP contribution in [0.1, 0.15) is 20.6 Å². The van der Waals surface area contributed by atoms with Crippen molar-refractivity contribution in [3.8, 4) is 17.2 Å². The van der Waals surface area contributed by atoms with Crippen LogP contribution in [0.15, 0.2) is 53.9 Å². The summed E-state index contributed by atoms with van der Waals surface area (Å²) in [5, 5.41) is 4.39. The number of methoxy groups -OCH3 is 3. The van der Waals surface area contributed by atoms with Gasteiger partial charge < -0.3 is 24.4 Å². The number of hydrogen-bond donors (Lipinski definition) is 1. The molecule has 1 saturated heterocycles. The van der Waals surface area contributed by atoms with Gasteiger partial charge in [-0.3, -0.25) is 9.59 Å². The van der Waals surface area contributed by atoms with Gasteiger partial charge in [0.05, 0.1) is 21.3 Å². The van der Waals surface area contributed by atoms with Crippen molar-refractivity contribution in [3.05, 3.63) is 70.2 Å². The Kier molecular flexibility index (Phi) is 7.28. The summed E-state index contributed by atoms with van der Waals surface area (Å²) in [7, 11) is 4.44. The minimum atomic E-state index is -0.742. The Hall–Kier alpha value is -3.24. The number of nitrogens with one attached hydrogen (secondary N) is 1. The lowest BCUT2D eigenvalue weighted by Gasteiger charge is -2.29. The molecule has 0 aliphatic carbocycles. The number of anilines is 1. The fraction of sp³-hybridized carbons (Fsp3) is 0.250. The number of halogens is 1. The second-order valence-corrected chi connectivity index (χ2v) is 9.43. The number of rotatable bonds is 7. The molecule has 34 heavy (non-hydrogen) atoms. The number of hydrogen-bond acceptors (Lipinski definition) is 7. The highest BCUT2D eigenvalue weighted by atomic mass is 32.2. The molecule has 2 unspecified atom stereocenters. The van der Waals surface area contributed by atoms with Crippen molar-refractivity contribution in [1.29, 1.82) is 0 Å². The number of amides is 2. The third kappa shape index (κ3) is 4.69. The van der Waals surface area contributed by atoms with Crippen molar-refractivity contribution < 1.29 is 28.2 Å². The van der Waals surface area contributed by atoms with Gasteiger partial charge in [-0.2, -0.15) is 0 Å². The smallest absolute Gasteiger partial charge is 0.256 e. The maximum absolute atomic E-state index is 13.8. The second kappa shape index (κ2) is 10.4. The average molecular weight is 503 g/mol. The van der Waals surface area contributed by atoms with E-state index < -0.39 is 11.9 Å². The van der Waals surface area contributed by atoms with Crippen molar-refractivity contribution in [3.63, 3.8) is 0 Å². The third-order valence-corrected chi connectivity index (χ3v) is 7.73. The van der Waals surface area contributed by atoms with E-state index in [2.05, 4.69) is 5.32 Å². The number of ether oxygens (including phenoxy) is 3. The van der Waals surface area contributed by atoms with Gasteiger partial charge in [0.2, 0.25) is 11.7 Å². The Labute approximate surface area is 204 Å². The van der Waals surface area contributed by atoms with Crippen LogP contribution in [0.4, 0.5) is 10.1 Å². The lowest BCUT2D eigenvalue weighted by atomic mass is 10.1. The minimum absolute atomic E-state index is 0.304. The Balaban J connectivity index is 1.70. The standard InChI is InChI=1S/C24H23FN2O5S2/c1-30-18-11-14(12-19(31-2)21(18)32-3)23(29)27-17(13-34-24(27)20-5-4-10-33-20)22(28)26-16-8-6-15(25)7-9-16/h4-12,17,24H,13H2,1-3H3,(H,26,28). The average Bonchev–Trinajstić information content (AvgIpc) is 3.54. The summed E-state index contributed by atoms with van der Waals surface area (Å²) in [6.07, 6.45) is 0. The van der Waals surface area contributed by atoms with E-state index in [1.165, 1.54) is 68.7 Å².